The van der Waals surface area contributed by atoms with Crippen LogP contribution in [0, 0.1) is 41.3 Å². The van der Waals surface area contributed by atoms with Gasteiger partial charge in [0.05, 0.1) is 27.6 Å². The van der Waals surface area contributed by atoms with Crippen LogP contribution in [0.2, 0.25) is 10.0 Å². The summed E-state index contributed by atoms with van der Waals surface area (Å²) in [6.45, 7) is 0. The molecule has 2 aromatic carbocycles. The Kier molecular flexibility index (Phi) is 4.65. The zero-order valence-electron chi connectivity index (χ0n) is 17.3. The maximum Gasteiger partial charge on any atom is 0.238 e. The second kappa shape index (κ2) is 7.37. The number of benzene rings is 2. The van der Waals surface area contributed by atoms with E-state index in [-0.39, 0.29) is 52.0 Å². The summed E-state index contributed by atoms with van der Waals surface area (Å²) in [5, 5.41) is 0.620. The second-order valence-electron chi connectivity index (χ2n) is 9.20. The molecule has 33 heavy (non-hydrogen) atoms. The van der Waals surface area contributed by atoms with Crippen LogP contribution >= 0.6 is 23.2 Å². The standard InChI is InChI=1S/C26H18Cl2FNO3/c27-18-6-3-13(10-19(18)28)22(31)8-2-12-1-7-21(20(29)9-12)30-25(32)23-14-4-5-15(17-11-16(14)17)24(23)26(30)33/h1-10,14-17,23-24H,11H2/b8-2+/t14?,15?,16-,17+,23?,24?. The normalized spacial score (nSPS) is 31.3. The van der Waals surface area contributed by atoms with Gasteiger partial charge in [-0.25, -0.2) is 9.29 Å². The summed E-state index contributed by atoms with van der Waals surface area (Å²) in [7, 11) is 0. The van der Waals surface area contributed by atoms with Crippen molar-refractivity contribution in [3.05, 3.63) is 81.6 Å². The van der Waals surface area contributed by atoms with Crippen molar-refractivity contribution in [1.29, 1.82) is 0 Å². The molecule has 2 saturated carbocycles. The van der Waals surface area contributed by atoms with Gasteiger partial charge in [-0.15, -0.1) is 0 Å². The predicted octanol–water partition coefficient (Wildman–Crippen LogP) is 5.59. The second-order valence-corrected chi connectivity index (χ2v) is 10.0. The Labute approximate surface area is 199 Å². The fourth-order valence-electron chi connectivity index (χ4n) is 5.92. The Hall–Kier alpha value is -2.76. The van der Waals surface area contributed by atoms with Crippen molar-refractivity contribution in [3.63, 3.8) is 0 Å². The van der Waals surface area contributed by atoms with Gasteiger partial charge in [0.1, 0.15) is 5.82 Å². The molecule has 0 spiro atoms. The molecule has 2 aromatic rings. The number of nitrogens with zero attached hydrogens (tertiary/aromatic N) is 1. The summed E-state index contributed by atoms with van der Waals surface area (Å²) in [5.74, 6) is -1.19. The van der Waals surface area contributed by atoms with Crippen molar-refractivity contribution in [2.45, 2.75) is 6.42 Å². The number of carbonyl (C=O) groups is 3. The average molecular weight is 482 g/mol. The first-order valence-corrected chi connectivity index (χ1v) is 11.6. The SMILES string of the molecule is O=C(/C=C/c1ccc(N2C(=O)C3C(C2=O)C2C=CC3[C@H]3C[C@@H]23)c(F)c1)c1ccc(Cl)c(Cl)c1. The number of rotatable bonds is 4. The van der Waals surface area contributed by atoms with Crippen molar-refractivity contribution in [3.8, 4) is 0 Å². The van der Waals surface area contributed by atoms with Crippen LogP contribution in [0.3, 0.4) is 0 Å². The molecule has 5 aliphatic rings. The lowest BCUT2D eigenvalue weighted by Gasteiger charge is -2.37. The van der Waals surface area contributed by atoms with Crippen LogP contribution in [0.1, 0.15) is 22.3 Å². The summed E-state index contributed by atoms with van der Waals surface area (Å²) < 4.78 is 15.1. The van der Waals surface area contributed by atoms with Gasteiger partial charge in [-0.1, -0.05) is 47.5 Å². The molecule has 166 valence electrons. The molecule has 4 unspecified atom stereocenters. The van der Waals surface area contributed by atoms with Crippen LogP contribution in [0.4, 0.5) is 10.1 Å². The molecule has 7 rings (SSSR count). The number of carbonyl (C=O) groups excluding carboxylic acids is 3. The van der Waals surface area contributed by atoms with Crippen LogP contribution in [0.15, 0.2) is 54.6 Å². The van der Waals surface area contributed by atoms with Gasteiger partial charge in [0.2, 0.25) is 11.8 Å². The van der Waals surface area contributed by atoms with E-state index in [1.165, 1.54) is 36.4 Å². The molecule has 0 N–H and O–H groups in total. The minimum absolute atomic E-state index is 0.0274. The molecule has 0 radical (unpaired) electrons. The first kappa shape index (κ1) is 20.8. The minimum atomic E-state index is -0.676. The first-order chi connectivity index (χ1) is 15.8. The van der Waals surface area contributed by atoms with E-state index in [4.69, 9.17) is 23.2 Å². The number of hydrogen-bond donors (Lipinski definition) is 0. The highest BCUT2D eigenvalue weighted by Gasteiger charge is 2.67. The lowest BCUT2D eigenvalue weighted by Crippen LogP contribution is -2.40. The molecule has 4 nitrogen and oxygen atoms in total. The molecule has 0 aromatic heterocycles. The number of imide groups is 1. The van der Waals surface area contributed by atoms with Gasteiger partial charge >= 0.3 is 0 Å². The molecule has 2 amide bonds. The van der Waals surface area contributed by atoms with Gasteiger partial charge in [-0.3, -0.25) is 14.4 Å². The molecule has 2 bridgehead atoms. The van der Waals surface area contributed by atoms with Crippen LogP contribution in [-0.2, 0) is 9.59 Å². The van der Waals surface area contributed by atoms with E-state index < -0.39 is 5.82 Å². The molecule has 3 fully saturated rings. The van der Waals surface area contributed by atoms with Crippen molar-refractivity contribution in [2.75, 3.05) is 4.90 Å². The molecule has 1 aliphatic heterocycles. The van der Waals surface area contributed by atoms with E-state index in [1.54, 1.807) is 12.1 Å². The lowest BCUT2D eigenvalue weighted by atomic mass is 9.63. The van der Waals surface area contributed by atoms with Crippen LogP contribution in [-0.4, -0.2) is 17.6 Å². The Morgan fingerprint density at radius 2 is 1.61 bits per heavy atom. The first-order valence-electron chi connectivity index (χ1n) is 10.9. The number of halogens is 3. The van der Waals surface area contributed by atoms with E-state index in [0.717, 1.165) is 11.3 Å². The molecule has 1 heterocycles. The van der Waals surface area contributed by atoms with Gasteiger partial charge in [-0.2, -0.15) is 0 Å². The summed E-state index contributed by atoms with van der Waals surface area (Å²) in [6, 6.07) is 8.80. The number of ketones is 1. The number of allylic oxidation sites excluding steroid dienone is 3. The minimum Gasteiger partial charge on any atom is -0.289 e. The van der Waals surface area contributed by atoms with Gasteiger partial charge < -0.3 is 0 Å². The van der Waals surface area contributed by atoms with Gasteiger partial charge in [0.25, 0.3) is 0 Å². The van der Waals surface area contributed by atoms with E-state index in [0.29, 0.717) is 28.0 Å². The lowest BCUT2D eigenvalue weighted by molar-refractivity contribution is -0.124. The monoisotopic (exact) mass is 481 g/mol. The molecule has 1 saturated heterocycles. The fraction of sp³-hybridized carbons (Fsp3) is 0.269. The van der Waals surface area contributed by atoms with Crippen LogP contribution in [0.25, 0.3) is 6.08 Å². The molecular weight excluding hydrogens is 464 g/mol. The summed E-state index contributed by atoms with van der Waals surface area (Å²) in [6.07, 6.45) is 8.03. The highest BCUT2D eigenvalue weighted by Crippen LogP contribution is 2.65. The van der Waals surface area contributed by atoms with Crippen molar-refractivity contribution in [2.24, 2.45) is 35.5 Å². The summed E-state index contributed by atoms with van der Waals surface area (Å²) in [4.78, 5) is 39.8. The van der Waals surface area contributed by atoms with Crippen molar-refractivity contribution in [1.82, 2.24) is 0 Å². The average Bonchev–Trinajstić information content (AvgIpc) is 3.58. The maximum atomic E-state index is 15.1. The highest BCUT2D eigenvalue weighted by atomic mass is 35.5. The highest BCUT2D eigenvalue weighted by molar-refractivity contribution is 6.42. The summed E-state index contributed by atoms with van der Waals surface area (Å²) >= 11 is 11.8. The molecular formula is C26H18Cl2FNO3. The number of amides is 2. The smallest absolute Gasteiger partial charge is 0.238 e. The Balaban J connectivity index is 1.24. The molecule has 4 aliphatic carbocycles. The van der Waals surface area contributed by atoms with E-state index in [2.05, 4.69) is 12.2 Å². The van der Waals surface area contributed by atoms with Gasteiger partial charge in [0.15, 0.2) is 5.78 Å². The van der Waals surface area contributed by atoms with Crippen molar-refractivity contribution < 1.29 is 18.8 Å². The topological polar surface area (TPSA) is 54.5 Å². The third kappa shape index (κ3) is 3.13. The number of hydrogen-bond acceptors (Lipinski definition) is 3. The van der Waals surface area contributed by atoms with Gasteiger partial charge in [0, 0.05) is 5.56 Å². The zero-order chi connectivity index (χ0) is 23.0. The molecule has 6 atom stereocenters. The van der Waals surface area contributed by atoms with E-state index >= 15 is 4.39 Å². The Bertz CT molecular complexity index is 1270. The fourth-order valence-corrected chi connectivity index (χ4v) is 6.22. The van der Waals surface area contributed by atoms with Crippen LogP contribution in [0.5, 0.6) is 0 Å². The zero-order valence-corrected chi connectivity index (χ0v) is 18.8. The van der Waals surface area contributed by atoms with Gasteiger partial charge in [-0.05, 0) is 72.1 Å². The summed E-state index contributed by atoms with van der Waals surface area (Å²) in [5.41, 5.74) is 0.763. The maximum absolute atomic E-state index is 15.1. The van der Waals surface area contributed by atoms with Crippen LogP contribution < -0.4 is 4.90 Å². The van der Waals surface area contributed by atoms with E-state index in [1.807, 2.05) is 0 Å². The third-order valence-corrected chi connectivity index (χ3v) is 8.25. The molecule has 7 heteroatoms. The van der Waals surface area contributed by atoms with Crippen molar-refractivity contribution >= 4 is 52.6 Å². The largest absolute Gasteiger partial charge is 0.289 e. The Morgan fingerprint density at radius 3 is 2.21 bits per heavy atom. The van der Waals surface area contributed by atoms with E-state index in [9.17, 15) is 14.4 Å². The Morgan fingerprint density at radius 1 is 0.939 bits per heavy atom. The third-order valence-electron chi connectivity index (χ3n) is 7.51. The quantitative estimate of drug-likeness (QED) is 0.247. The number of anilines is 1. The predicted molar refractivity (Wildman–Crippen MR) is 123 cm³/mol.